The molecule has 14 heteroatoms. The SMILES string of the molecule is [2H]C([2H])(NC(=O)c1cc(-c2ccc3nc(NC(=O)CO)cn3n2)cnc1OC)c1cc(F)cc(F)c1OC1CCOCC1. The van der Waals surface area contributed by atoms with Gasteiger partial charge in [0.1, 0.15) is 24.1 Å². The molecular formula is C27H26F2N6O6. The molecule has 0 bridgehead atoms. The summed E-state index contributed by atoms with van der Waals surface area (Å²) in [6.45, 7) is -2.75. The molecule has 1 fully saturated rings. The number of amides is 2. The number of methoxy groups -OCH3 is 1. The molecular weight excluding hydrogens is 542 g/mol. The summed E-state index contributed by atoms with van der Waals surface area (Å²) in [7, 11) is 1.27. The first kappa shape index (κ1) is 25.3. The van der Waals surface area contributed by atoms with E-state index in [1.54, 1.807) is 12.1 Å². The van der Waals surface area contributed by atoms with E-state index in [-0.39, 0.29) is 17.3 Å². The van der Waals surface area contributed by atoms with E-state index in [4.69, 9.17) is 22.1 Å². The smallest absolute Gasteiger partial charge is 0.257 e. The Morgan fingerprint density at radius 1 is 1.24 bits per heavy atom. The Balaban J connectivity index is 1.44. The Hall–Kier alpha value is -4.69. The van der Waals surface area contributed by atoms with E-state index >= 15 is 0 Å². The average molecular weight is 571 g/mol. The molecule has 0 unspecified atom stereocenters. The third kappa shape index (κ3) is 6.39. The molecule has 1 aliphatic heterocycles. The summed E-state index contributed by atoms with van der Waals surface area (Å²) in [4.78, 5) is 33.2. The van der Waals surface area contributed by atoms with Gasteiger partial charge in [-0.15, -0.1) is 0 Å². The fourth-order valence-corrected chi connectivity index (χ4v) is 4.12. The summed E-state index contributed by atoms with van der Waals surface area (Å²) >= 11 is 0. The van der Waals surface area contributed by atoms with Gasteiger partial charge >= 0.3 is 0 Å². The lowest BCUT2D eigenvalue weighted by atomic mass is 10.1. The summed E-state index contributed by atoms with van der Waals surface area (Å²) < 4.78 is 63.8. The number of aliphatic hydroxyl groups is 1. The van der Waals surface area contributed by atoms with Crippen molar-refractivity contribution in [1.29, 1.82) is 0 Å². The van der Waals surface area contributed by atoms with Crippen LogP contribution in [0.5, 0.6) is 11.6 Å². The van der Waals surface area contributed by atoms with Crippen LogP contribution in [0.1, 0.15) is 31.5 Å². The zero-order valence-electron chi connectivity index (χ0n) is 23.7. The van der Waals surface area contributed by atoms with Crippen LogP contribution in [0.25, 0.3) is 16.9 Å². The number of benzene rings is 1. The van der Waals surface area contributed by atoms with Crippen molar-refractivity contribution in [2.45, 2.75) is 25.4 Å². The van der Waals surface area contributed by atoms with Crippen LogP contribution in [-0.2, 0) is 16.0 Å². The minimum absolute atomic E-state index is 0.140. The van der Waals surface area contributed by atoms with Gasteiger partial charge in [-0.2, -0.15) is 5.10 Å². The van der Waals surface area contributed by atoms with Crippen LogP contribution < -0.4 is 20.1 Å². The van der Waals surface area contributed by atoms with Gasteiger partial charge in [-0.3, -0.25) is 9.59 Å². The lowest BCUT2D eigenvalue weighted by molar-refractivity contribution is -0.118. The number of pyridine rings is 1. The number of rotatable bonds is 9. The van der Waals surface area contributed by atoms with Crippen LogP contribution in [0.3, 0.4) is 0 Å². The van der Waals surface area contributed by atoms with E-state index in [0.29, 0.717) is 49.0 Å². The van der Waals surface area contributed by atoms with Gasteiger partial charge in [0.2, 0.25) is 5.88 Å². The van der Waals surface area contributed by atoms with Crippen molar-refractivity contribution in [3.05, 3.63) is 65.5 Å². The highest BCUT2D eigenvalue weighted by Crippen LogP contribution is 2.28. The summed E-state index contributed by atoms with van der Waals surface area (Å²) in [6.07, 6.45) is 3.18. The normalized spacial score (nSPS) is 14.7. The number of nitrogens with one attached hydrogen (secondary N) is 2. The number of nitrogens with zero attached hydrogens (tertiary/aromatic N) is 4. The fraction of sp³-hybridized carbons (Fsp3) is 0.296. The minimum Gasteiger partial charge on any atom is -0.487 e. The lowest BCUT2D eigenvalue weighted by Gasteiger charge is -2.25. The summed E-state index contributed by atoms with van der Waals surface area (Å²) in [6, 6.07) is 5.89. The van der Waals surface area contributed by atoms with Crippen molar-refractivity contribution in [3.8, 4) is 22.9 Å². The molecule has 5 rings (SSSR count). The third-order valence-electron chi connectivity index (χ3n) is 6.09. The molecule has 0 saturated carbocycles. The largest absolute Gasteiger partial charge is 0.487 e. The molecule has 3 N–H and O–H groups in total. The van der Waals surface area contributed by atoms with Gasteiger partial charge in [0.05, 0.1) is 35.0 Å². The van der Waals surface area contributed by atoms with Crippen molar-refractivity contribution >= 4 is 23.3 Å². The van der Waals surface area contributed by atoms with Gasteiger partial charge in [0.25, 0.3) is 11.8 Å². The molecule has 3 aromatic heterocycles. The molecule has 0 atom stereocenters. The number of imidazole rings is 1. The van der Waals surface area contributed by atoms with Gasteiger partial charge in [-0.1, -0.05) is 0 Å². The van der Waals surface area contributed by atoms with Gasteiger partial charge < -0.3 is 30.0 Å². The Morgan fingerprint density at radius 2 is 2.05 bits per heavy atom. The molecule has 2 amide bonds. The second kappa shape index (κ2) is 12.2. The quantitative estimate of drug-likeness (QED) is 0.276. The third-order valence-corrected chi connectivity index (χ3v) is 6.09. The molecule has 0 spiro atoms. The predicted octanol–water partition coefficient (Wildman–Crippen LogP) is 2.50. The monoisotopic (exact) mass is 570 g/mol. The van der Waals surface area contributed by atoms with Gasteiger partial charge in [0.15, 0.2) is 23.0 Å². The van der Waals surface area contributed by atoms with Crippen molar-refractivity contribution in [2.75, 3.05) is 32.2 Å². The van der Waals surface area contributed by atoms with E-state index < -0.39 is 54.0 Å². The van der Waals surface area contributed by atoms with Gasteiger partial charge in [-0.25, -0.2) is 23.3 Å². The van der Waals surface area contributed by atoms with Gasteiger partial charge in [-0.05, 0) is 24.3 Å². The van der Waals surface area contributed by atoms with Crippen LogP contribution in [0.15, 0.2) is 42.7 Å². The molecule has 12 nitrogen and oxygen atoms in total. The number of fused-ring (bicyclic) bond motifs is 1. The Morgan fingerprint density at radius 3 is 2.80 bits per heavy atom. The molecule has 1 saturated heterocycles. The fourth-order valence-electron chi connectivity index (χ4n) is 4.12. The van der Waals surface area contributed by atoms with Crippen LogP contribution in [0.2, 0.25) is 0 Å². The standard InChI is InChI=1S/C27H26F2N6O6/c1-39-27-19(9-15(11-31-27)21-2-3-23-32-22(13-35(23)34-21)33-24(37)14-36)26(38)30-12-16-8-17(28)10-20(29)25(16)41-18-4-6-40-7-5-18/h2-3,8-11,13,18,36H,4-7,12,14H2,1H3,(H,30,38)(H,33,37)/i12D2. The molecule has 4 heterocycles. The van der Waals surface area contributed by atoms with Crippen LogP contribution in [-0.4, -0.2) is 69.5 Å². The topological polar surface area (TPSA) is 149 Å². The second-order valence-corrected chi connectivity index (χ2v) is 8.91. The summed E-state index contributed by atoms with van der Waals surface area (Å²) in [5.41, 5.74) is 0.325. The van der Waals surface area contributed by atoms with E-state index in [1.807, 2.05) is 0 Å². The van der Waals surface area contributed by atoms with Crippen molar-refractivity contribution < 1.29 is 40.4 Å². The maximum Gasteiger partial charge on any atom is 0.257 e. The maximum absolute atomic E-state index is 14.9. The summed E-state index contributed by atoms with van der Waals surface area (Å²) in [5, 5.41) is 17.9. The lowest BCUT2D eigenvalue weighted by Crippen LogP contribution is -2.28. The Labute approximate surface area is 235 Å². The predicted molar refractivity (Wildman–Crippen MR) is 140 cm³/mol. The number of anilines is 1. The maximum atomic E-state index is 14.9. The Bertz CT molecular complexity index is 1680. The first-order valence-corrected chi connectivity index (χ1v) is 12.5. The number of halogens is 2. The molecule has 0 radical (unpaired) electrons. The van der Waals surface area contributed by atoms with E-state index in [1.165, 1.54) is 30.1 Å². The number of aromatic nitrogens is 4. The molecule has 4 aromatic rings. The van der Waals surface area contributed by atoms with Crippen LogP contribution >= 0.6 is 0 Å². The number of aliphatic hydroxyl groups excluding tert-OH is 1. The first-order chi connectivity index (χ1) is 20.6. The van der Waals surface area contributed by atoms with Crippen molar-refractivity contribution in [3.63, 3.8) is 0 Å². The molecule has 41 heavy (non-hydrogen) atoms. The second-order valence-electron chi connectivity index (χ2n) is 8.91. The zero-order chi connectivity index (χ0) is 30.7. The number of hydrogen-bond acceptors (Lipinski definition) is 9. The van der Waals surface area contributed by atoms with E-state index in [9.17, 15) is 18.4 Å². The Kier molecular flexibility index (Phi) is 7.54. The van der Waals surface area contributed by atoms with Gasteiger partial charge in [0, 0.05) is 42.7 Å². The van der Waals surface area contributed by atoms with E-state index in [2.05, 4.69) is 25.7 Å². The number of carbonyl (C=O) groups excluding carboxylic acids is 2. The molecule has 1 aromatic carbocycles. The zero-order valence-corrected chi connectivity index (χ0v) is 21.7. The number of carbonyl (C=O) groups is 2. The number of hydrogen-bond donors (Lipinski definition) is 3. The molecule has 0 aliphatic carbocycles. The van der Waals surface area contributed by atoms with E-state index in [0.717, 1.165) is 6.07 Å². The summed E-state index contributed by atoms with van der Waals surface area (Å²) in [5.74, 6) is -4.29. The molecule has 1 aliphatic rings. The highest BCUT2D eigenvalue weighted by atomic mass is 19.1. The first-order valence-electron chi connectivity index (χ1n) is 13.5. The van der Waals surface area contributed by atoms with Crippen LogP contribution in [0.4, 0.5) is 14.6 Å². The van der Waals surface area contributed by atoms with Crippen molar-refractivity contribution in [2.24, 2.45) is 0 Å². The average Bonchev–Trinajstić information content (AvgIpc) is 3.39. The number of ether oxygens (including phenoxy) is 3. The molecule has 214 valence electrons. The van der Waals surface area contributed by atoms with Crippen LogP contribution in [0, 0.1) is 11.6 Å². The minimum atomic E-state index is -2.79. The highest BCUT2D eigenvalue weighted by Gasteiger charge is 2.22. The van der Waals surface area contributed by atoms with Crippen molar-refractivity contribution in [1.82, 2.24) is 24.9 Å². The highest BCUT2D eigenvalue weighted by molar-refractivity contribution is 5.97.